The predicted octanol–water partition coefficient (Wildman–Crippen LogP) is -0.00450. The molecule has 0 aromatic carbocycles. The highest BCUT2D eigenvalue weighted by Gasteiger charge is 2.63. The van der Waals surface area contributed by atoms with Crippen molar-refractivity contribution in [3.05, 3.63) is 0 Å². The molecule has 0 aromatic rings. The van der Waals surface area contributed by atoms with Gasteiger partial charge in [0.15, 0.2) is 5.60 Å². The van der Waals surface area contributed by atoms with Gasteiger partial charge in [-0.15, -0.1) is 0 Å². The number of carbonyl (C=O) groups is 1. The maximum absolute atomic E-state index is 12.5. The number of hydrogen-bond donors (Lipinski definition) is 1. The molecule has 1 rings (SSSR count). The third kappa shape index (κ3) is 2.07. The van der Waals surface area contributed by atoms with Gasteiger partial charge in [0, 0.05) is 7.11 Å². The zero-order valence-electron chi connectivity index (χ0n) is 8.52. The fourth-order valence-corrected chi connectivity index (χ4v) is 1.43. The van der Waals surface area contributed by atoms with Crippen LogP contribution >= 0.6 is 0 Å². The predicted molar refractivity (Wildman–Crippen MR) is 46.3 cm³/mol. The standard InChI is InChI=1S/C8H13F3N2O2/c1-12-3-6(14)13-4-7(5-13,15-2)8(9,10)11/h12H,3-5H2,1-2H3. The van der Waals surface area contributed by atoms with Gasteiger partial charge in [0.2, 0.25) is 5.91 Å². The molecule has 0 saturated carbocycles. The molecule has 1 fully saturated rings. The maximum atomic E-state index is 12.5. The first-order valence-electron chi connectivity index (χ1n) is 4.40. The minimum Gasteiger partial charge on any atom is -0.365 e. The molecule has 0 aliphatic carbocycles. The molecule has 1 aliphatic rings. The van der Waals surface area contributed by atoms with Crippen LogP contribution in [0.4, 0.5) is 13.2 Å². The fraction of sp³-hybridized carbons (Fsp3) is 0.875. The van der Waals surface area contributed by atoms with E-state index in [0.29, 0.717) is 0 Å². The van der Waals surface area contributed by atoms with Crippen molar-refractivity contribution in [2.45, 2.75) is 11.8 Å². The minimum absolute atomic E-state index is 0.0393. The smallest absolute Gasteiger partial charge is 0.365 e. The van der Waals surface area contributed by atoms with E-state index >= 15 is 0 Å². The summed E-state index contributed by atoms with van der Waals surface area (Å²) in [6, 6.07) is 0. The summed E-state index contributed by atoms with van der Waals surface area (Å²) in [5.74, 6) is -0.352. The van der Waals surface area contributed by atoms with E-state index in [-0.39, 0.29) is 12.5 Å². The molecule has 4 nitrogen and oxygen atoms in total. The number of likely N-dealkylation sites (tertiary alicyclic amines) is 1. The number of alkyl halides is 3. The van der Waals surface area contributed by atoms with E-state index in [1.807, 2.05) is 0 Å². The lowest BCUT2D eigenvalue weighted by Gasteiger charge is -2.49. The molecule has 0 spiro atoms. The lowest BCUT2D eigenvalue weighted by atomic mass is 9.93. The van der Waals surface area contributed by atoms with Gasteiger partial charge in [0.05, 0.1) is 19.6 Å². The Morgan fingerprint density at radius 1 is 1.53 bits per heavy atom. The van der Waals surface area contributed by atoms with Crippen LogP contribution in [0.1, 0.15) is 0 Å². The van der Waals surface area contributed by atoms with Gasteiger partial charge in [0.25, 0.3) is 0 Å². The summed E-state index contributed by atoms with van der Waals surface area (Å²) < 4.78 is 42.0. The first-order chi connectivity index (χ1) is 6.86. The largest absolute Gasteiger partial charge is 0.420 e. The normalized spacial score (nSPS) is 19.9. The Bertz CT molecular complexity index is 249. The molecule has 1 saturated heterocycles. The number of nitrogens with one attached hydrogen (secondary N) is 1. The third-order valence-corrected chi connectivity index (χ3v) is 2.48. The van der Waals surface area contributed by atoms with Crippen LogP contribution in [-0.4, -0.2) is 56.4 Å². The van der Waals surface area contributed by atoms with Crippen molar-refractivity contribution in [3.8, 4) is 0 Å². The van der Waals surface area contributed by atoms with Crippen LogP contribution in [-0.2, 0) is 9.53 Å². The van der Waals surface area contributed by atoms with Gasteiger partial charge in [-0.25, -0.2) is 0 Å². The second-order valence-electron chi connectivity index (χ2n) is 3.48. The van der Waals surface area contributed by atoms with Gasteiger partial charge in [-0.05, 0) is 7.05 Å². The van der Waals surface area contributed by atoms with Gasteiger partial charge < -0.3 is 15.0 Å². The average Bonchev–Trinajstić information content (AvgIpc) is 2.00. The van der Waals surface area contributed by atoms with Crippen molar-refractivity contribution in [2.24, 2.45) is 0 Å². The van der Waals surface area contributed by atoms with Crippen molar-refractivity contribution >= 4 is 5.91 Å². The number of hydrogen-bond acceptors (Lipinski definition) is 3. The van der Waals surface area contributed by atoms with Gasteiger partial charge in [-0.3, -0.25) is 4.79 Å². The number of nitrogens with zero attached hydrogens (tertiary/aromatic N) is 1. The molecule has 0 bridgehead atoms. The number of carbonyl (C=O) groups excluding carboxylic acids is 1. The van der Waals surface area contributed by atoms with E-state index in [0.717, 1.165) is 12.0 Å². The Kier molecular flexibility index (Phi) is 3.25. The van der Waals surface area contributed by atoms with Crippen LogP contribution < -0.4 is 5.32 Å². The average molecular weight is 226 g/mol. The second-order valence-corrected chi connectivity index (χ2v) is 3.48. The summed E-state index contributed by atoms with van der Waals surface area (Å²) in [5.41, 5.74) is -2.17. The van der Waals surface area contributed by atoms with E-state index in [4.69, 9.17) is 0 Å². The highest BCUT2D eigenvalue weighted by atomic mass is 19.4. The van der Waals surface area contributed by atoms with Crippen LogP contribution in [0.3, 0.4) is 0 Å². The Morgan fingerprint density at radius 2 is 2.07 bits per heavy atom. The first kappa shape index (κ1) is 12.3. The Hall–Kier alpha value is -0.820. The number of ether oxygens (including phenoxy) is 1. The molecule has 7 heteroatoms. The summed E-state index contributed by atoms with van der Waals surface area (Å²) in [6.07, 6.45) is -4.43. The van der Waals surface area contributed by atoms with E-state index in [1.165, 1.54) is 0 Å². The third-order valence-electron chi connectivity index (χ3n) is 2.48. The summed E-state index contributed by atoms with van der Waals surface area (Å²) >= 11 is 0. The van der Waals surface area contributed by atoms with Crippen LogP contribution in [0.15, 0.2) is 0 Å². The zero-order valence-corrected chi connectivity index (χ0v) is 8.52. The Balaban J connectivity index is 2.56. The molecule has 15 heavy (non-hydrogen) atoms. The summed E-state index contributed by atoms with van der Waals surface area (Å²) in [5, 5.41) is 2.59. The highest BCUT2D eigenvalue weighted by Crippen LogP contribution is 2.40. The summed E-state index contributed by atoms with van der Waals surface area (Å²) in [7, 11) is 2.57. The summed E-state index contributed by atoms with van der Waals surface area (Å²) in [6.45, 7) is -0.807. The molecule has 88 valence electrons. The lowest BCUT2D eigenvalue weighted by molar-refractivity contribution is -0.306. The van der Waals surface area contributed by atoms with Crippen LogP contribution in [0.25, 0.3) is 0 Å². The van der Waals surface area contributed by atoms with Crippen LogP contribution in [0, 0.1) is 0 Å². The van der Waals surface area contributed by atoms with E-state index < -0.39 is 24.9 Å². The van der Waals surface area contributed by atoms with Crippen molar-refractivity contribution in [2.75, 3.05) is 33.8 Å². The van der Waals surface area contributed by atoms with E-state index in [2.05, 4.69) is 10.1 Å². The van der Waals surface area contributed by atoms with Gasteiger partial charge >= 0.3 is 6.18 Å². The van der Waals surface area contributed by atoms with Crippen molar-refractivity contribution < 1.29 is 22.7 Å². The van der Waals surface area contributed by atoms with Crippen LogP contribution in [0.2, 0.25) is 0 Å². The minimum atomic E-state index is -4.43. The molecule has 1 amide bonds. The molecule has 0 atom stereocenters. The Morgan fingerprint density at radius 3 is 2.40 bits per heavy atom. The molecular weight excluding hydrogens is 213 g/mol. The number of halogens is 3. The summed E-state index contributed by atoms with van der Waals surface area (Å²) in [4.78, 5) is 12.3. The van der Waals surface area contributed by atoms with Crippen LogP contribution in [0.5, 0.6) is 0 Å². The molecule has 0 aromatic heterocycles. The molecule has 0 unspecified atom stereocenters. The number of amides is 1. The van der Waals surface area contributed by atoms with Gasteiger partial charge in [0.1, 0.15) is 0 Å². The van der Waals surface area contributed by atoms with Gasteiger partial charge in [-0.1, -0.05) is 0 Å². The SMILES string of the molecule is CNCC(=O)N1CC(OC)(C(F)(F)F)C1. The maximum Gasteiger partial charge on any atom is 0.420 e. The number of rotatable bonds is 3. The van der Waals surface area contributed by atoms with Gasteiger partial charge in [-0.2, -0.15) is 13.2 Å². The quantitative estimate of drug-likeness (QED) is 0.736. The fourth-order valence-electron chi connectivity index (χ4n) is 1.43. The number of likely N-dealkylation sites (N-methyl/N-ethyl adjacent to an activating group) is 1. The molecule has 1 N–H and O–H groups in total. The van der Waals surface area contributed by atoms with Crippen molar-refractivity contribution in [3.63, 3.8) is 0 Å². The second kappa shape index (κ2) is 3.97. The van der Waals surface area contributed by atoms with E-state index in [1.54, 1.807) is 7.05 Å². The number of methoxy groups -OCH3 is 1. The molecule has 0 radical (unpaired) electrons. The molecule has 1 aliphatic heterocycles. The Labute approximate surface area is 85.4 Å². The van der Waals surface area contributed by atoms with Crippen molar-refractivity contribution in [1.82, 2.24) is 10.2 Å². The monoisotopic (exact) mass is 226 g/mol. The van der Waals surface area contributed by atoms with Crippen molar-refractivity contribution in [1.29, 1.82) is 0 Å². The lowest BCUT2D eigenvalue weighted by Crippen LogP contribution is -2.71. The zero-order chi connectivity index (χ0) is 11.7. The molecule has 1 heterocycles. The first-order valence-corrected chi connectivity index (χ1v) is 4.40. The highest BCUT2D eigenvalue weighted by molar-refractivity contribution is 5.79. The topological polar surface area (TPSA) is 41.6 Å². The molecular formula is C8H13F3N2O2. The van der Waals surface area contributed by atoms with E-state index in [9.17, 15) is 18.0 Å².